The fourth-order valence-corrected chi connectivity index (χ4v) is 2.84. The maximum atomic E-state index is 11.6. The van der Waals surface area contributed by atoms with E-state index in [1.807, 2.05) is 6.92 Å². The van der Waals surface area contributed by atoms with Crippen molar-refractivity contribution in [3.8, 4) is 0 Å². The van der Waals surface area contributed by atoms with Crippen molar-refractivity contribution in [2.75, 3.05) is 19.8 Å². The second-order valence-corrected chi connectivity index (χ2v) is 5.90. The normalized spacial score (nSPS) is 14.7. The fraction of sp³-hybridized carbons (Fsp3) is 0.400. The van der Waals surface area contributed by atoms with Crippen LogP contribution in [0, 0.1) is 0 Å². The summed E-state index contributed by atoms with van der Waals surface area (Å²) in [6.07, 6.45) is 2.31. The Labute approximate surface area is 104 Å². The third-order valence-corrected chi connectivity index (χ3v) is 4.48. The molecule has 0 saturated carbocycles. The lowest BCUT2D eigenvalue weighted by atomic mass is 10.7. The highest BCUT2D eigenvalue weighted by Gasteiger charge is 2.23. The summed E-state index contributed by atoms with van der Waals surface area (Å²) in [4.78, 5) is 9.53. The molecule has 0 saturated heterocycles. The van der Waals surface area contributed by atoms with Gasteiger partial charge in [0.1, 0.15) is 23.7 Å². The topological polar surface area (TPSA) is 65.0 Å². The lowest BCUT2D eigenvalue weighted by Gasteiger charge is -2.07. The monoisotopic (exact) mass is 278 g/mol. The Balaban J connectivity index is 2.26. The molecule has 0 amide bonds. The van der Waals surface area contributed by atoms with E-state index in [2.05, 4.69) is 0 Å². The molecule has 0 spiro atoms. The van der Waals surface area contributed by atoms with Gasteiger partial charge in [0.05, 0.1) is 6.61 Å². The molecule has 0 aliphatic carbocycles. The van der Waals surface area contributed by atoms with Crippen LogP contribution in [0.2, 0.25) is 0 Å². The van der Waals surface area contributed by atoms with Gasteiger partial charge in [-0.05, 0) is 18.4 Å². The second kappa shape index (κ2) is 7.50. The van der Waals surface area contributed by atoms with Gasteiger partial charge < -0.3 is 18.9 Å². The van der Waals surface area contributed by atoms with Crippen LogP contribution in [-0.4, -0.2) is 24.7 Å². The van der Waals surface area contributed by atoms with E-state index in [0.717, 1.165) is 6.26 Å². The standard InChI is InChI=1S/C10H15O5PS/c1-2-13-5-6-14-7-8-15-16(11,12)10-4-3-9-17-10/h3-4,7-9H,2,5-6H2,1H3,(H,11,12). The number of hydrogen-bond acceptors (Lipinski definition) is 5. The first-order chi connectivity index (χ1) is 8.17. The Bertz CT molecular complexity index is 376. The van der Waals surface area contributed by atoms with Crippen molar-refractivity contribution >= 4 is 23.6 Å². The first-order valence-corrected chi connectivity index (χ1v) is 7.52. The van der Waals surface area contributed by atoms with E-state index in [1.165, 1.54) is 17.6 Å². The molecule has 0 aliphatic heterocycles. The molecule has 0 aromatic carbocycles. The van der Waals surface area contributed by atoms with E-state index in [4.69, 9.17) is 14.0 Å². The van der Waals surface area contributed by atoms with Gasteiger partial charge in [-0.3, -0.25) is 0 Å². The number of ether oxygens (including phenoxy) is 2. The molecule has 7 heteroatoms. The second-order valence-electron chi connectivity index (χ2n) is 2.92. The maximum absolute atomic E-state index is 11.6. The molecule has 5 nitrogen and oxygen atoms in total. The summed E-state index contributed by atoms with van der Waals surface area (Å²) in [6, 6.07) is 3.24. The van der Waals surface area contributed by atoms with Crippen LogP contribution in [0.1, 0.15) is 6.92 Å². The van der Waals surface area contributed by atoms with Gasteiger partial charge in [-0.1, -0.05) is 6.07 Å². The summed E-state index contributed by atoms with van der Waals surface area (Å²) >= 11 is 1.17. The Morgan fingerprint density at radius 3 is 2.94 bits per heavy atom. The summed E-state index contributed by atoms with van der Waals surface area (Å²) in [6.45, 7) is 3.38. The third-order valence-electron chi connectivity index (χ3n) is 1.69. The minimum Gasteiger partial charge on any atom is -0.496 e. The SMILES string of the molecule is CCOCCOC=COP(=O)(O)c1cccs1. The molecular formula is C10H15O5PS. The zero-order chi connectivity index (χ0) is 12.6. The van der Waals surface area contributed by atoms with Crippen molar-refractivity contribution in [1.29, 1.82) is 0 Å². The Morgan fingerprint density at radius 2 is 2.29 bits per heavy atom. The molecule has 1 atom stereocenters. The van der Waals surface area contributed by atoms with Gasteiger partial charge in [-0.2, -0.15) is 0 Å². The fourth-order valence-electron chi connectivity index (χ4n) is 0.949. The lowest BCUT2D eigenvalue weighted by molar-refractivity contribution is 0.0918. The van der Waals surface area contributed by atoms with Crippen LogP contribution in [0.4, 0.5) is 0 Å². The van der Waals surface area contributed by atoms with Crippen molar-refractivity contribution < 1.29 is 23.5 Å². The summed E-state index contributed by atoms with van der Waals surface area (Å²) in [5.74, 6) is 0. The molecule has 1 heterocycles. The van der Waals surface area contributed by atoms with Crippen molar-refractivity contribution in [2.45, 2.75) is 6.92 Å². The molecule has 0 bridgehead atoms. The minimum absolute atomic E-state index is 0.302. The van der Waals surface area contributed by atoms with Gasteiger partial charge >= 0.3 is 7.60 Å². The molecule has 0 radical (unpaired) electrons. The average molecular weight is 278 g/mol. The molecule has 1 unspecified atom stereocenters. The van der Waals surface area contributed by atoms with E-state index >= 15 is 0 Å². The first-order valence-electron chi connectivity index (χ1n) is 5.06. The molecule has 0 aliphatic rings. The average Bonchev–Trinajstić information content (AvgIpc) is 2.82. The Morgan fingerprint density at radius 1 is 1.47 bits per heavy atom. The van der Waals surface area contributed by atoms with E-state index < -0.39 is 7.60 Å². The summed E-state index contributed by atoms with van der Waals surface area (Å²) in [5.41, 5.74) is 0. The summed E-state index contributed by atoms with van der Waals surface area (Å²) in [5, 5.41) is 1.71. The highest BCUT2D eigenvalue weighted by atomic mass is 32.1. The highest BCUT2D eigenvalue weighted by molar-refractivity contribution is 7.67. The summed E-state index contributed by atoms with van der Waals surface area (Å²) in [7, 11) is -3.74. The number of hydrogen-bond donors (Lipinski definition) is 1. The third kappa shape index (κ3) is 5.37. The van der Waals surface area contributed by atoms with Gasteiger partial charge in [0, 0.05) is 6.61 Å². The first kappa shape index (κ1) is 14.3. The van der Waals surface area contributed by atoms with Crippen LogP contribution >= 0.6 is 18.9 Å². The van der Waals surface area contributed by atoms with Crippen LogP contribution < -0.4 is 4.62 Å². The Kier molecular flexibility index (Phi) is 6.29. The molecule has 17 heavy (non-hydrogen) atoms. The molecule has 0 fully saturated rings. The zero-order valence-corrected chi connectivity index (χ0v) is 11.2. The summed E-state index contributed by atoms with van der Waals surface area (Å²) < 4.78 is 26.7. The van der Waals surface area contributed by atoms with Gasteiger partial charge in [0.15, 0.2) is 0 Å². The maximum Gasteiger partial charge on any atom is 0.417 e. The van der Waals surface area contributed by atoms with Crippen molar-refractivity contribution in [1.82, 2.24) is 0 Å². The van der Waals surface area contributed by atoms with Crippen molar-refractivity contribution in [2.24, 2.45) is 0 Å². The van der Waals surface area contributed by atoms with E-state index in [9.17, 15) is 9.46 Å². The van der Waals surface area contributed by atoms with Gasteiger partial charge in [0.2, 0.25) is 0 Å². The molecule has 1 aromatic rings. The van der Waals surface area contributed by atoms with Crippen LogP contribution in [0.25, 0.3) is 0 Å². The van der Waals surface area contributed by atoms with E-state index in [1.54, 1.807) is 17.5 Å². The van der Waals surface area contributed by atoms with Gasteiger partial charge in [-0.25, -0.2) is 4.57 Å². The largest absolute Gasteiger partial charge is 0.496 e. The number of rotatable bonds is 8. The van der Waals surface area contributed by atoms with Crippen molar-refractivity contribution in [3.63, 3.8) is 0 Å². The Hall–Kier alpha value is -0.810. The molecule has 96 valence electrons. The van der Waals surface area contributed by atoms with Gasteiger partial charge in [0.25, 0.3) is 0 Å². The van der Waals surface area contributed by atoms with E-state index in [-0.39, 0.29) is 0 Å². The van der Waals surface area contributed by atoms with Crippen LogP contribution in [-0.2, 0) is 18.6 Å². The quantitative estimate of drug-likeness (QED) is 0.448. The predicted octanol–water partition coefficient (Wildman–Crippen LogP) is 2.10. The minimum atomic E-state index is -3.74. The molecule has 1 N–H and O–H groups in total. The van der Waals surface area contributed by atoms with Gasteiger partial charge in [-0.15, -0.1) is 11.3 Å². The van der Waals surface area contributed by atoms with Crippen LogP contribution in [0.15, 0.2) is 30.0 Å². The zero-order valence-electron chi connectivity index (χ0n) is 9.44. The van der Waals surface area contributed by atoms with Crippen LogP contribution in [0.5, 0.6) is 0 Å². The lowest BCUT2D eigenvalue weighted by Crippen LogP contribution is -2.01. The van der Waals surface area contributed by atoms with Crippen LogP contribution in [0.3, 0.4) is 0 Å². The van der Waals surface area contributed by atoms with Crippen molar-refractivity contribution in [3.05, 3.63) is 30.0 Å². The highest BCUT2D eigenvalue weighted by Crippen LogP contribution is 2.42. The molecular weight excluding hydrogens is 263 g/mol. The van der Waals surface area contributed by atoms with E-state index in [0.29, 0.717) is 24.4 Å². The number of thiophene rings is 1. The smallest absolute Gasteiger partial charge is 0.417 e. The molecule has 1 aromatic heterocycles. The molecule has 1 rings (SSSR count). The predicted molar refractivity (Wildman–Crippen MR) is 66.4 cm³/mol.